The van der Waals surface area contributed by atoms with Gasteiger partial charge in [0.1, 0.15) is 10.0 Å². The smallest absolute Gasteiger partial charge is 0.252 e. The van der Waals surface area contributed by atoms with Crippen LogP contribution in [0.2, 0.25) is 0 Å². The summed E-state index contributed by atoms with van der Waals surface area (Å²) in [5.41, 5.74) is 0.964. The number of benzene rings is 1. The summed E-state index contributed by atoms with van der Waals surface area (Å²) >= 11 is 1.22. The Morgan fingerprint density at radius 1 is 1.27 bits per heavy atom. The molecule has 0 spiro atoms. The van der Waals surface area contributed by atoms with Gasteiger partial charge in [0.25, 0.3) is 10.0 Å². The van der Waals surface area contributed by atoms with E-state index in [4.69, 9.17) is 0 Å². The zero-order valence-electron chi connectivity index (χ0n) is 14.7. The number of carbonyl (C=O) groups is 1. The Hall–Kier alpha value is -1.77. The van der Waals surface area contributed by atoms with Gasteiger partial charge in [-0.1, -0.05) is 6.07 Å². The summed E-state index contributed by atoms with van der Waals surface area (Å²) < 4.78 is 41.1. The number of anilines is 1. The van der Waals surface area contributed by atoms with Crippen LogP contribution in [0, 0.1) is 25.6 Å². The highest BCUT2D eigenvalue weighted by Crippen LogP contribution is 2.29. The zero-order chi connectivity index (χ0) is 18.9. The SMILES string of the molecule is Cc1ccc(F)c(NC(=O)[C@@H]2CCCN(S(=O)(=O)c3ccc(C)s3)C2)c1. The summed E-state index contributed by atoms with van der Waals surface area (Å²) in [6.45, 7) is 4.17. The summed E-state index contributed by atoms with van der Waals surface area (Å²) in [6, 6.07) is 7.87. The van der Waals surface area contributed by atoms with Crippen LogP contribution in [0.1, 0.15) is 23.3 Å². The fourth-order valence-corrected chi connectivity index (χ4v) is 5.98. The van der Waals surface area contributed by atoms with E-state index in [2.05, 4.69) is 5.32 Å². The molecule has 1 aromatic heterocycles. The molecule has 0 saturated carbocycles. The maximum atomic E-state index is 13.9. The summed E-state index contributed by atoms with van der Waals surface area (Å²) in [7, 11) is -3.60. The number of aryl methyl sites for hydroxylation is 2. The van der Waals surface area contributed by atoms with Crippen molar-refractivity contribution in [1.29, 1.82) is 0 Å². The van der Waals surface area contributed by atoms with Gasteiger partial charge in [-0.15, -0.1) is 11.3 Å². The van der Waals surface area contributed by atoms with E-state index in [1.165, 1.54) is 21.7 Å². The van der Waals surface area contributed by atoms with E-state index in [-0.39, 0.29) is 18.1 Å². The third-order valence-electron chi connectivity index (χ3n) is 4.44. The number of nitrogens with zero attached hydrogens (tertiary/aromatic N) is 1. The maximum Gasteiger partial charge on any atom is 0.252 e. The largest absolute Gasteiger partial charge is 0.323 e. The molecular formula is C18H21FN2O3S2. The van der Waals surface area contributed by atoms with Gasteiger partial charge in [-0.25, -0.2) is 12.8 Å². The van der Waals surface area contributed by atoms with E-state index in [1.807, 2.05) is 13.8 Å². The first-order valence-corrected chi connectivity index (χ1v) is 10.7. The molecule has 0 aliphatic carbocycles. The van der Waals surface area contributed by atoms with Gasteiger partial charge in [-0.05, 0) is 56.5 Å². The van der Waals surface area contributed by atoms with Gasteiger partial charge in [0.2, 0.25) is 5.91 Å². The molecule has 1 aliphatic heterocycles. The minimum Gasteiger partial charge on any atom is -0.323 e. The highest BCUT2D eigenvalue weighted by Gasteiger charge is 2.34. The second kappa shape index (κ2) is 7.46. The van der Waals surface area contributed by atoms with Crippen LogP contribution in [-0.2, 0) is 14.8 Å². The van der Waals surface area contributed by atoms with Crippen molar-refractivity contribution < 1.29 is 17.6 Å². The van der Waals surface area contributed by atoms with Crippen LogP contribution in [0.3, 0.4) is 0 Å². The Labute approximate surface area is 156 Å². The third kappa shape index (κ3) is 3.97. The molecule has 140 valence electrons. The predicted molar refractivity (Wildman–Crippen MR) is 100 cm³/mol. The van der Waals surface area contributed by atoms with Crippen LogP contribution in [0.5, 0.6) is 0 Å². The lowest BCUT2D eigenvalue weighted by molar-refractivity contribution is -0.120. The molecule has 2 heterocycles. The number of hydrogen-bond donors (Lipinski definition) is 1. The van der Waals surface area contributed by atoms with Crippen molar-refractivity contribution >= 4 is 33.0 Å². The number of carbonyl (C=O) groups excluding carboxylic acids is 1. The van der Waals surface area contributed by atoms with Gasteiger partial charge in [-0.3, -0.25) is 4.79 Å². The van der Waals surface area contributed by atoms with Gasteiger partial charge >= 0.3 is 0 Å². The molecule has 1 amide bonds. The predicted octanol–water partition coefficient (Wildman–Crippen LogP) is 3.54. The fraction of sp³-hybridized carbons (Fsp3) is 0.389. The Morgan fingerprint density at radius 2 is 2.04 bits per heavy atom. The van der Waals surface area contributed by atoms with E-state index >= 15 is 0 Å². The minimum absolute atomic E-state index is 0.110. The van der Waals surface area contributed by atoms with E-state index in [1.54, 1.807) is 24.3 Å². The number of sulfonamides is 1. The lowest BCUT2D eigenvalue weighted by Crippen LogP contribution is -2.43. The van der Waals surface area contributed by atoms with E-state index in [0.717, 1.165) is 10.4 Å². The molecular weight excluding hydrogens is 375 g/mol. The molecule has 5 nitrogen and oxygen atoms in total. The van der Waals surface area contributed by atoms with Crippen LogP contribution in [0.15, 0.2) is 34.5 Å². The van der Waals surface area contributed by atoms with Crippen molar-refractivity contribution in [2.24, 2.45) is 5.92 Å². The number of hydrogen-bond acceptors (Lipinski definition) is 4. The molecule has 8 heteroatoms. The van der Waals surface area contributed by atoms with Crippen molar-refractivity contribution in [3.8, 4) is 0 Å². The van der Waals surface area contributed by atoms with Gasteiger partial charge in [0.15, 0.2) is 0 Å². The number of amides is 1. The first-order valence-electron chi connectivity index (χ1n) is 8.41. The van der Waals surface area contributed by atoms with Crippen LogP contribution in [-0.4, -0.2) is 31.7 Å². The van der Waals surface area contributed by atoms with Crippen molar-refractivity contribution in [3.05, 3.63) is 46.6 Å². The van der Waals surface area contributed by atoms with Crippen LogP contribution in [0.25, 0.3) is 0 Å². The summed E-state index contributed by atoms with van der Waals surface area (Å²) in [4.78, 5) is 13.5. The normalized spacial score (nSPS) is 18.7. The highest BCUT2D eigenvalue weighted by atomic mass is 32.2. The van der Waals surface area contributed by atoms with Crippen molar-refractivity contribution in [2.75, 3.05) is 18.4 Å². The third-order valence-corrected chi connectivity index (χ3v) is 7.78. The van der Waals surface area contributed by atoms with Crippen LogP contribution in [0.4, 0.5) is 10.1 Å². The van der Waals surface area contributed by atoms with Crippen molar-refractivity contribution in [2.45, 2.75) is 30.9 Å². The standard InChI is InChI=1S/C18H21FN2O3S2/c1-12-5-7-15(19)16(10-12)20-18(22)14-4-3-9-21(11-14)26(23,24)17-8-6-13(2)25-17/h5-8,10,14H,3-4,9,11H2,1-2H3,(H,20,22)/t14-/m1/s1. The Balaban J connectivity index is 1.74. The first kappa shape index (κ1) is 19.0. The molecule has 1 aliphatic rings. The summed E-state index contributed by atoms with van der Waals surface area (Å²) in [6.07, 6.45) is 1.17. The van der Waals surface area contributed by atoms with Gasteiger partial charge in [0, 0.05) is 18.0 Å². The number of nitrogens with one attached hydrogen (secondary N) is 1. The second-order valence-corrected chi connectivity index (χ2v) is 9.99. The lowest BCUT2D eigenvalue weighted by Gasteiger charge is -2.30. The molecule has 1 N–H and O–H groups in total. The molecule has 26 heavy (non-hydrogen) atoms. The number of halogens is 1. The Bertz CT molecular complexity index is 924. The summed E-state index contributed by atoms with van der Waals surface area (Å²) in [5.74, 6) is -1.35. The zero-order valence-corrected chi connectivity index (χ0v) is 16.3. The molecule has 3 rings (SSSR count). The molecule has 1 atom stereocenters. The van der Waals surface area contributed by atoms with Crippen molar-refractivity contribution in [1.82, 2.24) is 4.31 Å². The monoisotopic (exact) mass is 396 g/mol. The molecule has 1 saturated heterocycles. The number of rotatable bonds is 4. The van der Waals surface area contributed by atoms with Gasteiger partial charge in [0.05, 0.1) is 11.6 Å². The van der Waals surface area contributed by atoms with E-state index in [0.29, 0.717) is 23.6 Å². The minimum atomic E-state index is -3.60. The molecule has 1 aromatic carbocycles. The van der Waals surface area contributed by atoms with Crippen LogP contribution >= 0.6 is 11.3 Å². The second-order valence-electron chi connectivity index (χ2n) is 6.54. The van der Waals surface area contributed by atoms with E-state index < -0.39 is 21.8 Å². The number of thiophene rings is 1. The quantitative estimate of drug-likeness (QED) is 0.860. The molecule has 0 bridgehead atoms. The highest BCUT2D eigenvalue weighted by molar-refractivity contribution is 7.91. The average molecular weight is 397 g/mol. The Morgan fingerprint density at radius 3 is 2.73 bits per heavy atom. The first-order chi connectivity index (χ1) is 12.3. The molecule has 0 radical (unpaired) electrons. The number of piperidine rings is 1. The average Bonchev–Trinajstić information content (AvgIpc) is 3.05. The van der Waals surface area contributed by atoms with Gasteiger partial charge < -0.3 is 5.32 Å². The maximum absolute atomic E-state index is 13.9. The fourth-order valence-electron chi connectivity index (χ4n) is 3.02. The molecule has 0 unspecified atom stereocenters. The Kier molecular flexibility index (Phi) is 5.45. The molecule has 1 fully saturated rings. The van der Waals surface area contributed by atoms with E-state index in [9.17, 15) is 17.6 Å². The van der Waals surface area contributed by atoms with Gasteiger partial charge in [-0.2, -0.15) is 4.31 Å². The lowest BCUT2D eigenvalue weighted by atomic mass is 9.98. The summed E-state index contributed by atoms with van der Waals surface area (Å²) in [5, 5.41) is 2.60. The molecule has 2 aromatic rings. The van der Waals surface area contributed by atoms with Crippen molar-refractivity contribution in [3.63, 3.8) is 0 Å². The van der Waals surface area contributed by atoms with Crippen LogP contribution < -0.4 is 5.32 Å². The topological polar surface area (TPSA) is 66.5 Å².